The number of nitrogens with zero attached hydrogens (tertiary/aromatic N) is 2. The lowest BCUT2D eigenvalue weighted by Crippen LogP contribution is -2.57. The first-order chi connectivity index (χ1) is 6.06. The van der Waals surface area contributed by atoms with Crippen LogP contribution in [0.3, 0.4) is 0 Å². The molecule has 1 aliphatic heterocycles. The number of hydrogen-bond acceptors (Lipinski definition) is 3. The monoisotopic (exact) mass is 186 g/mol. The quantitative estimate of drug-likeness (QED) is 0.560. The average Bonchev–Trinajstić information content (AvgIpc) is 2.02. The molecule has 0 bridgehead atoms. The Morgan fingerprint density at radius 1 is 1.31 bits per heavy atom. The zero-order valence-corrected chi connectivity index (χ0v) is 8.78. The summed E-state index contributed by atoms with van der Waals surface area (Å²) in [5.41, 5.74) is 0. The van der Waals surface area contributed by atoms with Gasteiger partial charge in [0.15, 0.2) is 0 Å². The van der Waals surface area contributed by atoms with Crippen LogP contribution in [0.25, 0.3) is 0 Å². The van der Waals surface area contributed by atoms with E-state index >= 15 is 0 Å². The second-order valence-corrected chi connectivity index (χ2v) is 3.80. The van der Waals surface area contributed by atoms with Crippen LogP contribution in [0.5, 0.6) is 0 Å². The summed E-state index contributed by atoms with van der Waals surface area (Å²) in [6.45, 7) is 5.92. The van der Waals surface area contributed by atoms with Gasteiger partial charge in [0.25, 0.3) is 0 Å². The van der Waals surface area contributed by atoms with Gasteiger partial charge in [0, 0.05) is 25.2 Å². The smallest absolute Gasteiger partial charge is 0.410 e. The highest BCUT2D eigenvalue weighted by Gasteiger charge is 2.31. The van der Waals surface area contributed by atoms with E-state index in [9.17, 15) is 4.79 Å². The van der Waals surface area contributed by atoms with Crippen LogP contribution in [0.1, 0.15) is 13.8 Å². The zero-order valence-electron chi connectivity index (χ0n) is 8.78. The fraction of sp³-hybridized carbons (Fsp3) is 0.889. The molecule has 4 heteroatoms. The highest BCUT2D eigenvalue weighted by Crippen LogP contribution is 2.15. The van der Waals surface area contributed by atoms with Crippen LogP contribution in [0.2, 0.25) is 0 Å². The van der Waals surface area contributed by atoms with E-state index in [1.165, 1.54) is 7.11 Å². The van der Waals surface area contributed by atoms with Gasteiger partial charge in [-0.1, -0.05) is 0 Å². The third-order valence-corrected chi connectivity index (χ3v) is 2.49. The molecule has 0 N–H and O–H groups in total. The second-order valence-electron chi connectivity index (χ2n) is 3.80. The van der Waals surface area contributed by atoms with Crippen molar-refractivity contribution in [2.75, 3.05) is 27.2 Å². The summed E-state index contributed by atoms with van der Waals surface area (Å²) in [6.07, 6.45) is -0.215. The Balaban J connectivity index is 2.66. The molecule has 1 rings (SSSR count). The number of hydrogen-bond donors (Lipinski definition) is 0. The molecular weight excluding hydrogens is 168 g/mol. The van der Waals surface area contributed by atoms with Gasteiger partial charge in [-0.15, -0.1) is 0 Å². The molecule has 76 valence electrons. The molecule has 0 aliphatic carbocycles. The maximum atomic E-state index is 11.4. The fourth-order valence-corrected chi connectivity index (χ4v) is 2.05. The van der Waals surface area contributed by atoms with E-state index in [2.05, 4.69) is 11.9 Å². The van der Waals surface area contributed by atoms with Crippen LogP contribution >= 0.6 is 0 Å². The van der Waals surface area contributed by atoms with Crippen LogP contribution < -0.4 is 0 Å². The first-order valence-electron chi connectivity index (χ1n) is 4.61. The molecule has 1 heterocycles. The standard InChI is InChI=1S/C9H18N2O2/c1-7-5-10(3)6-8(2)11(7)9(12)13-4/h7-8H,5-6H2,1-4H3. The Hall–Kier alpha value is -0.770. The topological polar surface area (TPSA) is 32.8 Å². The summed E-state index contributed by atoms with van der Waals surface area (Å²) in [4.78, 5) is 15.4. The van der Waals surface area contributed by atoms with Crippen LogP contribution in [0.15, 0.2) is 0 Å². The van der Waals surface area contributed by atoms with Crippen LogP contribution in [0.4, 0.5) is 4.79 Å². The molecule has 1 amide bonds. The van der Waals surface area contributed by atoms with Gasteiger partial charge < -0.3 is 14.5 Å². The van der Waals surface area contributed by atoms with Gasteiger partial charge in [-0.05, 0) is 20.9 Å². The highest BCUT2D eigenvalue weighted by atomic mass is 16.5. The predicted molar refractivity (Wildman–Crippen MR) is 50.7 cm³/mol. The van der Waals surface area contributed by atoms with E-state index in [0.717, 1.165) is 13.1 Å². The van der Waals surface area contributed by atoms with Gasteiger partial charge in [0.1, 0.15) is 0 Å². The van der Waals surface area contributed by atoms with E-state index < -0.39 is 0 Å². The van der Waals surface area contributed by atoms with Crippen molar-refractivity contribution in [3.05, 3.63) is 0 Å². The number of carbonyl (C=O) groups excluding carboxylic acids is 1. The Labute approximate surface area is 79.4 Å². The van der Waals surface area contributed by atoms with E-state index in [-0.39, 0.29) is 18.2 Å². The van der Waals surface area contributed by atoms with Gasteiger partial charge >= 0.3 is 6.09 Å². The molecule has 2 atom stereocenters. The predicted octanol–water partition coefficient (Wildman–Crippen LogP) is 0.777. The number of carbonyl (C=O) groups is 1. The molecule has 1 saturated heterocycles. The number of likely N-dealkylation sites (N-methyl/N-ethyl adjacent to an activating group) is 1. The third-order valence-electron chi connectivity index (χ3n) is 2.49. The van der Waals surface area contributed by atoms with Crippen LogP contribution in [-0.4, -0.2) is 55.2 Å². The van der Waals surface area contributed by atoms with Crippen molar-refractivity contribution < 1.29 is 9.53 Å². The maximum absolute atomic E-state index is 11.4. The number of methoxy groups -OCH3 is 1. The second kappa shape index (κ2) is 3.96. The lowest BCUT2D eigenvalue weighted by Gasteiger charge is -2.42. The van der Waals surface area contributed by atoms with Crippen molar-refractivity contribution in [2.24, 2.45) is 0 Å². The van der Waals surface area contributed by atoms with Crippen molar-refractivity contribution in [1.82, 2.24) is 9.80 Å². The summed E-state index contributed by atoms with van der Waals surface area (Å²) in [6, 6.07) is 0.474. The van der Waals surface area contributed by atoms with E-state index in [4.69, 9.17) is 4.74 Å². The molecule has 13 heavy (non-hydrogen) atoms. The molecule has 0 saturated carbocycles. The summed E-state index contributed by atoms with van der Waals surface area (Å²) < 4.78 is 4.73. The minimum atomic E-state index is -0.215. The molecule has 0 aromatic carbocycles. The SMILES string of the molecule is COC(=O)N1C(C)CN(C)CC1C. The highest BCUT2D eigenvalue weighted by molar-refractivity contribution is 5.68. The van der Waals surface area contributed by atoms with Gasteiger partial charge in [-0.3, -0.25) is 0 Å². The van der Waals surface area contributed by atoms with Crippen molar-refractivity contribution in [2.45, 2.75) is 25.9 Å². The summed E-state index contributed by atoms with van der Waals surface area (Å²) in [5, 5.41) is 0. The number of rotatable bonds is 0. The van der Waals surface area contributed by atoms with Gasteiger partial charge in [-0.2, -0.15) is 0 Å². The minimum Gasteiger partial charge on any atom is -0.453 e. The Kier molecular flexibility index (Phi) is 3.14. The Morgan fingerprint density at radius 3 is 2.15 bits per heavy atom. The molecule has 1 fully saturated rings. The number of ether oxygens (including phenoxy) is 1. The molecule has 1 aliphatic rings. The van der Waals surface area contributed by atoms with Crippen LogP contribution in [0, 0.1) is 0 Å². The lowest BCUT2D eigenvalue weighted by molar-refractivity contribution is 0.0417. The summed E-state index contributed by atoms with van der Waals surface area (Å²) in [7, 11) is 3.50. The van der Waals surface area contributed by atoms with Gasteiger partial charge in [0.05, 0.1) is 7.11 Å². The molecule has 4 nitrogen and oxygen atoms in total. The van der Waals surface area contributed by atoms with Crippen LogP contribution in [-0.2, 0) is 4.74 Å². The maximum Gasteiger partial charge on any atom is 0.410 e. The molecule has 0 spiro atoms. The number of amides is 1. The molecule has 0 aromatic heterocycles. The summed E-state index contributed by atoms with van der Waals surface area (Å²) in [5.74, 6) is 0. The first kappa shape index (κ1) is 10.3. The van der Waals surface area contributed by atoms with Crippen molar-refractivity contribution in [3.8, 4) is 0 Å². The zero-order chi connectivity index (χ0) is 10.0. The fourth-order valence-electron chi connectivity index (χ4n) is 2.05. The largest absolute Gasteiger partial charge is 0.453 e. The molecular formula is C9H18N2O2. The molecule has 0 aromatic rings. The number of piperazine rings is 1. The van der Waals surface area contributed by atoms with Crippen molar-refractivity contribution in [1.29, 1.82) is 0 Å². The van der Waals surface area contributed by atoms with E-state index in [0.29, 0.717) is 0 Å². The van der Waals surface area contributed by atoms with Crippen molar-refractivity contribution >= 4 is 6.09 Å². The van der Waals surface area contributed by atoms with E-state index in [1.807, 2.05) is 13.8 Å². The lowest BCUT2D eigenvalue weighted by atomic mass is 10.1. The summed E-state index contributed by atoms with van der Waals surface area (Å²) >= 11 is 0. The first-order valence-corrected chi connectivity index (χ1v) is 4.61. The van der Waals surface area contributed by atoms with Gasteiger partial charge in [-0.25, -0.2) is 4.79 Å². The molecule has 0 radical (unpaired) electrons. The average molecular weight is 186 g/mol. The Bertz CT molecular complexity index is 184. The van der Waals surface area contributed by atoms with E-state index in [1.54, 1.807) is 4.90 Å². The molecule has 2 unspecified atom stereocenters. The minimum absolute atomic E-state index is 0.215. The van der Waals surface area contributed by atoms with Crippen molar-refractivity contribution in [3.63, 3.8) is 0 Å². The van der Waals surface area contributed by atoms with Gasteiger partial charge in [0.2, 0.25) is 0 Å². The normalized spacial score (nSPS) is 30.3. The Morgan fingerprint density at radius 2 is 1.77 bits per heavy atom. The third kappa shape index (κ3) is 2.12.